The first-order valence-electron chi connectivity index (χ1n) is 8.74. The third kappa shape index (κ3) is 3.14. The molecule has 1 atom stereocenters. The van der Waals surface area contributed by atoms with E-state index >= 15 is 0 Å². The van der Waals surface area contributed by atoms with E-state index in [4.69, 9.17) is 4.74 Å². The van der Waals surface area contributed by atoms with Crippen molar-refractivity contribution in [2.45, 2.75) is 37.8 Å². The number of hydrogen-bond acceptors (Lipinski definition) is 5. The molecule has 1 amide bonds. The van der Waals surface area contributed by atoms with E-state index in [0.29, 0.717) is 24.8 Å². The molecule has 2 aliphatic rings. The van der Waals surface area contributed by atoms with E-state index in [1.807, 2.05) is 12.4 Å². The van der Waals surface area contributed by atoms with Crippen LogP contribution in [-0.4, -0.2) is 52.8 Å². The zero-order valence-electron chi connectivity index (χ0n) is 13.7. The van der Waals surface area contributed by atoms with Crippen LogP contribution in [0.4, 0.5) is 0 Å². The lowest BCUT2D eigenvalue weighted by Gasteiger charge is -2.23. The third-order valence-corrected chi connectivity index (χ3v) is 4.89. The SMILES string of the molecule is O=C(NCC1CNCCO1)c1cnc2c(c1)ncn2C1CCCC1. The summed E-state index contributed by atoms with van der Waals surface area (Å²) in [5, 5.41) is 6.17. The van der Waals surface area contributed by atoms with Crippen molar-refractivity contribution in [1.29, 1.82) is 0 Å². The minimum absolute atomic E-state index is 0.0287. The van der Waals surface area contributed by atoms with Gasteiger partial charge in [0.1, 0.15) is 5.52 Å². The molecule has 0 radical (unpaired) electrons. The van der Waals surface area contributed by atoms with E-state index in [0.717, 1.165) is 24.3 Å². The van der Waals surface area contributed by atoms with Crippen LogP contribution in [0, 0.1) is 0 Å². The molecule has 4 rings (SSSR count). The molecule has 1 saturated heterocycles. The van der Waals surface area contributed by atoms with Crippen molar-refractivity contribution in [3.05, 3.63) is 24.2 Å². The van der Waals surface area contributed by atoms with Crippen LogP contribution in [0.2, 0.25) is 0 Å². The fourth-order valence-electron chi connectivity index (χ4n) is 3.55. The summed E-state index contributed by atoms with van der Waals surface area (Å²) in [6, 6.07) is 2.32. The van der Waals surface area contributed by atoms with Crippen molar-refractivity contribution in [1.82, 2.24) is 25.2 Å². The van der Waals surface area contributed by atoms with Crippen LogP contribution < -0.4 is 10.6 Å². The Morgan fingerprint density at radius 1 is 1.38 bits per heavy atom. The predicted molar refractivity (Wildman–Crippen MR) is 90.0 cm³/mol. The molecule has 24 heavy (non-hydrogen) atoms. The van der Waals surface area contributed by atoms with E-state index in [2.05, 4.69) is 25.2 Å². The van der Waals surface area contributed by atoms with Gasteiger partial charge in [-0.3, -0.25) is 4.79 Å². The topological polar surface area (TPSA) is 81.1 Å². The molecule has 2 aromatic heterocycles. The maximum Gasteiger partial charge on any atom is 0.253 e. The predicted octanol–water partition coefficient (Wildman–Crippen LogP) is 1.26. The number of nitrogens with zero attached hydrogens (tertiary/aromatic N) is 3. The quantitative estimate of drug-likeness (QED) is 0.883. The number of fused-ring (bicyclic) bond motifs is 1. The number of hydrogen-bond donors (Lipinski definition) is 2. The average molecular weight is 329 g/mol. The number of rotatable bonds is 4. The summed E-state index contributed by atoms with van der Waals surface area (Å²) in [7, 11) is 0. The van der Waals surface area contributed by atoms with Gasteiger partial charge >= 0.3 is 0 Å². The molecule has 2 fully saturated rings. The number of carbonyl (C=O) groups excluding carboxylic acids is 1. The summed E-state index contributed by atoms with van der Waals surface area (Å²) in [6.45, 7) is 2.82. The lowest BCUT2D eigenvalue weighted by molar-refractivity contribution is 0.0287. The van der Waals surface area contributed by atoms with Crippen LogP contribution in [0.3, 0.4) is 0 Å². The van der Waals surface area contributed by atoms with Crippen LogP contribution in [0.5, 0.6) is 0 Å². The van der Waals surface area contributed by atoms with Gasteiger partial charge in [-0.2, -0.15) is 0 Å². The van der Waals surface area contributed by atoms with Crippen LogP contribution in [0.1, 0.15) is 42.1 Å². The fraction of sp³-hybridized carbons (Fsp3) is 0.588. The van der Waals surface area contributed by atoms with E-state index in [9.17, 15) is 4.79 Å². The summed E-state index contributed by atoms with van der Waals surface area (Å²) >= 11 is 0. The lowest BCUT2D eigenvalue weighted by atomic mass is 10.2. The number of amides is 1. The average Bonchev–Trinajstić information content (AvgIpc) is 3.29. The van der Waals surface area contributed by atoms with Gasteiger partial charge in [-0.15, -0.1) is 0 Å². The first-order chi connectivity index (χ1) is 11.8. The molecule has 0 aromatic carbocycles. The van der Waals surface area contributed by atoms with Gasteiger partial charge in [0, 0.05) is 31.9 Å². The van der Waals surface area contributed by atoms with Gasteiger partial charge in [0.2, 0.25) is 0 Å². The Hall–Kier alpha value is -1.99. The van der Waals surface area contributed by atoms with Crippen LogP contribution in [-0.2, 0) is 4.74 Å². The summed E-state index contributed by atoms with van der Waals surface area (Å²) in [5.74, 6) is -0.131. The molecule has 0 bridgehead atoms. The number of carbonyl (C=O) groups is 1. The molecule has 1 aliphatic carbocycles. The monoisotopic (exact) mass is 329 g/mol. The Bertz CT molecular complexity index is 717. The Morgan fingerprint density at radius 3 is 3.04 bits per heavy atom. The smallest absolute Gasteiger partial charge is 0.253 e. The van der Waals surface area contributed by atoms with Crippen molar-refractivity contribution in [3.8, 4) is 0 Å². The van der Waals surface area contributed by atoms with Gasteiger partial charge in [0.05, 0.1) is 24.6 Å². The molecular weight excluding hydrogens is 306 g/mol. The van der Waals surface area contributed by atoms with Crippen LogP contribution in [0.15, 0.2) is 18.6 Å². The molecule has 3 heterocycles. The van der Waals surface area contributed by atoms with Gasteiger partial charge in [0.15, 0.2) is 5.65 Å². The van der Waals surface area contributed by atoms with E-state index in [1.165, 1.54) is 25.7 Å². The number of pyridine rings is 1. The van der Waals surface area contributed by atoms with Gasteiger partial charge in [-0.05, 0) is 18.9 Å². The third-order valence-electron chi connectivity index (χ3n) is 4.89. The first-order valence-corrected chi connectivity index (χ1v) is 8.74. The zero-order valence-corrected chi connectivity index (χ0v) is 13.7. The van der Waals surface area contributed by atoms with Gasteiger partial charge < -0.3 is 19.9 Å². The van der Waals surface area contributed by atoms with Gasteiger partial charge in [0.25, 0.3) is 5.91 Å². The van der Waals surface area contributed by atoms with Crippen LogP contribution in [0.25, 0.3) is 11.2 Å². The second-order valence-corrected chi connectivity index (χ2v) is 6.56. The number of imidazole rings is 1. The second-order valence-electron chi connectivity index (χ2n) is 6.56. The summed E-state index contributed by atoms with van der Waals surface area (Å²) in [4.78, 5) is 21.3. The molecule has 2 N–H and O–H groups in total. The normalized spacial score (nSPS) is 22.1. The number of morpholine rings is 1. The standard InChI is InChI=1S/C17H23N5O2/c23-17(20-10-14-9-18-5-6-24-14)12-7-15-16(19-8-12)22(11-21-15)13-3-1-2-4-13/h7-8,11,13-14,18H,1-6,9-10H2,(H,20,23). The van der Waals surface area contributed by atoms with Crippen molar-refractivity contribution >= 4 is 17.1 Å². The van der Waals surface area contributed by atoms with Crippen molar-refractivity contribution in [3.63, 3.8) is 0 Å². The van der Waals surface area contributed by atoms with Crippen LogP contribution >= 0.6 is 0 Å². The van der Waals surface area contributed by atoms with E-state index < -0.39 is 0 Å². The van der Waals surface area contributed by atoms with Crippen molar-refractivity contribution in [2.75, 3.05) is 26.2 Å². The maximum absolute atomic E-state index is 12.3. The van der Waals surface area contributed by atoms with Crippen molar-refractivity contribution < 1.29 is 9.53 Å². The number of aromatic nitrogens is 3. The summed E-state index contributed by atoms with van der Waals surface area (Å²) in [5.41, 5.74) is 2.20. The Balaban J connectivity index is 1.45. The highest BCUT2D eigenvalue weighted by molar-refractivity contribution is 5.96. The summed E-state index contributed by atoms with van der Waals surface area (Å²) in [6.07, 6.45) is 8.43. The van der Waals surface area contributed by atoms with E-state index in [1.54, 1.807) is 6.20 Å². The highest BCUT2D eigenvalue weighted by Crippen LogP contribution is 2.31. The number of ether oxygens (including phenoxy) is 1. The van der Waals surface area contributed by atoms with Crippen molar-refractivity contribution in [2.24, 2.45) is 0 Å². The minimum Gasteiger partial charge on any atom is -0.374 e. The molecule has 1 unspecified atom stereocenters. The second kappa shape index (κ2) is 6.86. The molecule has 7 nitrogen and oxygen atoms in total. The molecule has 1 aliphatic heterocycles. The molecule has 7 heteroatoms. The number of nitrogens with one attached hydrogen (secondary N) is 2. The Morgan fingerprint density at radius 2 is 2.25 bits per heavy atom. The maximum atomic E-state index is 12.3. The first kappa shape index (κ1) is 15.5. The molecule has 1 saturated carbocycles. The molecular formula is C17H23N5O2. The highest BCUT2D eigenvalue weighted by Gasteiger charge is 2.20. The summed E-state index contributed by atoms with van der Waals surface area (Å²) < 4.78 is 7.74. The molecule has 128 valence electrons. The Kier molecular flexibility index (Phi) is 4.44. The fourth-order valence-corrected chi connectivity index (χ4v) is 3.55. The minimum atomic E-state index is -0.131. The van der Waals surface area contributed by atoms with Gasteiger partial charge in [-0.25, -0.2) is 9.97 Å². The molecule has 0 spiro atoms. The Labute approximate surface area is 140 Å². The lowest BCUT2D eigenvalue weighted by Crippen LogP contribution is -2.45. The largest absolute Gasteiger partial charge is 0.374 e. The highest BCUT2D eigenvalue weighted by atomic mass is 16.5. The zero-order chi connectivity index (χ0) is 16.4. The van der Waals surface area contributed by atoms with Gasteiger partial charge in [-0.1, -0.05) is 12.8 Å². The molecule has 2 aromatic rings. The van der Waals surface area contributed by atoms with E-state index in [-0.39, 0.29) is 12.0 Å².